The van der Waals surface area contributed by atoms with E-state index in [0.717, 1.165) is 17.0 Å². The minimum Gasteiger partial charge on any atom is -0.493 e. The summed E-state index contributed by atoms with van der Waals surface area (Å²) in [4.78, 5) is 12.5. The normalized spacial score (nSPS) is 11.0. The Morgan fingerprint density at radius 1 is 0.962 bits per heavy atom. The second-order valence-electron chi connectivity index (χ2n) is 7.39. The zero-order chi connectivity index (χ0) is 19.1. The lowest BCUT2D eigenvalue weighted by Crippen LogP contribution is -2.16. The molecule has 0 saturated carbocycles. The Hall–Kier alpha value is -2.29. The highest BCUT2D eigenvalue weighted by molar-refractivity contribution is 5.92. The third-order valence-corrected chi connectivity index (χ3v) is 4.54. The first-order valence-electron chi connectivity index (χ1n) is 9.51. The molecule has 0 spiro atoms. The molecule has 3 heteroatoms. The molecule has 0 saturated heterocycles. The Morgan fingerprint density at radius 3 is 2.15 bits per heavy atom. The predicted octanol–water partition coefficient (Wildman–Crippen LogP) is 6.04. The largest absolute Gasteiger partial charge is 0.493 e. The lowest BCUT2D eigenvalue weighted by atomic mass is 9.92. The summed E-state index contributed by atoms with van der Waals surface area (Å²) in [5, 5.41) is 3.16. The first-order chi connectivity index (χ1) is 12.4. The van der Waals surface area contributed by atoms with E-state index in [1.54, 1.807) is 0 Å². The summed E-state index contributed by atoms with van der Waals surface area (Å²) in [6.07, 6.45) is 1.15. The first-order valence-corrected chi connectivity index (χ1v) is 9.51. The van der Waals surface area contributed by atoms with Gasteiger partial charge in [0.05, 0.1) is 6.61 Å². The molecule has 1 amide bonds. The van der Waals surface area contributed by atoms with Crippen molar-refractivity contribution >= 4 is 11.6 Å². The predicted molar refractivity (Wildman–Crippen MR) is 109 cm³/mol. The van der Waals surface area contributed by atoms with Gasteiger partial charge in [0.2, 0.25) is 5.91 Å². The van der Waals surface area contributed by atoms with Crippen LogP contribution < -0.4 is 10.1 Å². The molecule has 2 aromatic rings. The van der Waals surface area contributed by atoms with E-state index in [9.17, 15) is 4.79 Å². The van der Waals surface area contributed by atoms with Gasteiger partial charge in [-0.05, 0) is 47.9 Å². The molecule has 0 bridgehead atoms. The minimum atomic E-state index is 0.0494. The quantitative estimate of drug-likeness (QED) is 0.588. The van der Waals surface area contributed by atoms with E-state index in [2.05, 4.69) is 51.2 Å². The Labute approximate surface area is 157 Å². The highest BCUT2D eigenvalue weighted by atomic mass is 16.5. The summed E-state index contributed by atoms with van der Waals surface area (Å²) < 4.78 is 5.78. The third kappa shape index (κ3) is 5.35. The molecule has 0 heterocycles. The number of hydrogen-bond donors (Lipinski definition) is 1. The smallest absolute Gasteiger partial charge is 0.224 e. The van der Waals surface area contributed by atoms with Crippen molar-refractivity contribution < 1.29 is 9.53 Å². The molecule has 2 rings (SSSR count). The van der Waals surface area contributed by atoms with Crippen molar-refractivity contribution in [2.75, 3.05) is 11.9 Å². The van der Waals surface area contributed by atoms with Gasteiger partial charge >= 0.3 is 0 Å². The fraction of sp³-hybridized carbons (Fsp3) is 0.435. The van der Waals surface area contributed by atoms with Crippen LogP contribution in [0.1, 0.15) is 69.1 Å². The average molecular weight is 354 g/mol. The number of benzene rings is 2. The highest BCUT2D eigenvalue weighted by Gasteiger charge is 2.15. The van der Waals surface area contributed by atoms with E-state index in [1.807, 2.05) is 31.2 Å². The molecule has 0 aliphatic carbocycles. The van der Waals surface area contributed by atoms with Gasteiger partial charge in [0.1, 0.15) is 5.75 Å². The molecule has 140 valence electrons. The van der Waals surface area contributed by atoms with Crippen LogP contribution in [0.15, 0.2) is 42.5 Å². The Morgan fingerprint density at radius 2 is 1.58 bits per heavy atom. The van der Waals surface area contributed by atoms with Gasteiger partial charge in [-0.2, -0.15) is 0 Å². The van der Waals surface area contributed by atoms with Crippen LogP contribution in [0.5, 0.6) is 5.75 Å². The number of nitrogens with one attached hydrogen (secondary N) is 1. The second-order valence-corrected chi connectivity index (χ2v) is 7.39. The van der Waals surface area contributed by atoms with Crippen molar-refractivity contribution in [2.24, 2.45) is 0 Å². The molecule has 0 aromatic heterocycles. The highest BCUT2D eigenvalue weighted by Crippen LogP contribution is 2.32. The zero-order valence-corrected chi connectivity index (χ0v) is 16.6. The van der Waals surface area contributed by atoms with Crippen molar-refractivity contribution in [3.05, 3.63) is 59.2 Å². The topological polar surface area (TPSA) is 38.3 Å². The maximum absolute atomic E-state index is 12.5. The maximum Gasteiger partial charge on any atom is 0.224 e. The molecular formula is C23H31NO2. The van der Waals surface area contributed by atoms with E-state index in [-0.39, 0.29) is 5.91 Å². The van der Waals surface area contributed by atoms with E-state index in [4.69, 9.17) is 4.74 Å². The van der Waals surface area contributed by atoms with Crippen molar-refractivity contribution in [2.45, 2.75) is 59.3 Å². The lowest BCUT2D eigenvalue weighted by Gasteiger charge is -2.20. The van der Waals surface area contributed by atoms with Gasteiger partial charge in [-0.15, -0.1) is 0 Å². The number of carbonyl (C=O) groups is 1. The molecule has 0 radical (unpaired) electrons. The van der Waals surface area contributed by atoms with Crippen molar-refractivity contribution in [3.63, 3.8) is 0 Å². The van der Waals surface area contributed by atoms with E-state index in [1.165, 1.54) is 11.1 Å². The molecule has 1 N–H and O–H groups in total. The van der Waals surface area contributed by atoms with Crippen LogP contribution in [-0.2, 0) is 4.79 Å². The van der Waals surface area contributed by atoms with Crippen LogP contribution >= 0.6 is 0 Å². The molecule has 0 aliphatic rings. The van der Waals surface area contributed by atoms with Gasteiger partial charge in [0, 0.05) is 12.1 Å². The molecule has 0 unspecified atom stereocenters. The Kier molecular flexibility index (Phi) is 7.26. The van der Waals surface area contributed by atoms with Crippen LogP contribution in [0, 0.1) is 6.92 Å². The molecular weight excluding hydrogens is 322 g/mol. The molecule has 0 fully saturated rings. The number of anilines is 1. The summed E-state index contributed by atoms with van der Waals surface area (Å²) in [5.41, 5.74) is 4.49. The van der Waals surface area contributed by atoms with Crippen LogP contribution in [0.25, 0.3) is 0 Å². The number of carbonyl (C=O) groups excluding carboxylic acids is 1. The summed E-state index contributed by atoms with van der Waals surface area (Å²) >= 11 is 0. The van der Waals surface area contributed by atoms with E-state index >= 15 is 0 Å². The minimum absolute atomic E-state index is 0.0494. The summed E-state index contributed by atoms with van der Waals surface area (Å²) in [5.74, 6) is 1.68. The lowest BCUT2D eigenvalue weighted by molar-refractivity contribution is -0.116. The number of hydrogen-bond acceptors (Lipinski definition) is 2. The fourth-order valence-electron chi connectivity index (χ4n) is 3.03. The van der Waals surface area contributed by atoms with Gasteiger partial charge in [0.15, 0.2) is 0 Å². The molecule has 0 aliphatic heterocycles. The standard InChI is InChI=1S/C23H31NO2/c1-16(2)19-11-8-12-20(17(3)4)23(19)24-22(25)14-9-15-26-21-13-7-6-10-18(21)5/h6-8,10-13,16-17H,9,14-15H2,1-5H3,(H,24,25). The van der Waals surface area contributed by atoms with Gasteiger partial charge < -0.3 is 10.1 Å². The zero-order valence-electron chi connectivity index (χ0n) is 16.6. The maximum atomic E-state index is 12.5. The number of aryl methyl sites for hydroxylation is 1. The molecule has 26 heavy (non-hydrogen) atoms. The molecule has 2 aromatic carbocycles. The van der Waals surface area contributed by atoms with Crippen molar-refractivity contribution in [1.82, 2.24) is 0 Å². The molecule has 3 nitrogen and oxygen atoms in total. The number of amides is 1. The van der Waals surface area contributed by atoms with Crippen LogP contribution in [0.4, 0.5) is 5.69 Å². The average Bonchev–Trinajstić information content (AvgIpc) is 2.59. The first kappa shape index (κ1) is 20.0. The molecule has 0 atom stereocenters. The third-order valence-electron chi connectivity index (χ3n) is 4.54. The monoisotopic (exact) mass is 353 g/mol. The second kappa shape index (κ2) is 9.42. The summed E-state index contributed by atoms with van der Waals surface area (Å²) in [6, 6.07) is 14.2. The van der Waals surface area contributed by atoms with E-state index in [0.29, 0.717) is 31.3 Å². The Balaban J connectivity index is 1.94. The van der Waals surface area contributed by atoms with Crippen LogP contribution in [0.2, 0.25) is 0 Å². The van der Waals surface area contributed by atoms with Crippen molar-refractivity contribution in [1.29, 1.82) is 0 Å². The van der Waals surface area contributed by atoms with Gasteiger partial charge in [-0.1, -0.05) is 64.1 Å². The van der Waals surface area contributed by atoms with Crippen molar-refractivity contribution in [3.8, 4) is 5.75 Å². The van der Waals surface area contributed by atoms with Gasteiger partial charge in [0.25, 0.3) is 0 Å². The summed E-state index contributed by atoms with van der Waals surface area (Å²) in [7, 11) is 0. The van der Waals surface area contributed by atoms with Gasteiger partial charge in [-0.3, -0.25) is 4.79 Å². The summed E-state index contributed by atoms with van der Waals surface area (Å²) in [6.45, 7) is 11.2. The number of ether oxygens (including phenoxy) is 1. The van der Waals surface area contributed by atoms with Crippen LogP contribution in [-0.4, -0.2) is 12.5 Å². The number of rotatable bonds is 8. The van der Waals surface area contributed by atoms with E-state index < -0.39 is 0 Å². The van der Waals surface area contributed by atoms with Gasteiger partial charge in [-0.25, -0.2) is 0 Å². The number of para-hydroxylation sites is 2. The SMILES string of the molecule is Cc1ccccc1OCCCC(=O)Nc1c(C(C)C)cccc1C(C)C. The Bertz CT molecular complexity index is 708. The van der Waals surface area contributed by atoms with Crippen LogP contribution in [0.3, 0.4) is 0 Å². The fourth-order valence-corrected chi connectivity index (χ4v) is 3.03.